The third-order valence-corrected chi connectivity index (χ3v) is 7.39. The van der Waals surface area contributed by atoms with Crippen LogP contribution in [0.2, 0.25) is 0 Å². The van der Waals surface area contributed by atoms with Crippen molar-refractivity contribution in [2.45, 2.75) is 17.7 Å². The standard InChI is InChI=1S/C18H16N2O2S2/c1-2-23-18-19-12-6-5-11(8-13(12)24-18)20-16(21)14-9-3-4-10(7-9)15(14)17(20)22/h3-6,8-10,14-15H,2,7H2,1H3/t9-,10+,14+,15-. The van der Waals surface area contributed by atoms with Gasteiger partial charge >= 0.3 is 0 Å². The Morgan fingerprint density at radius 2 is 1.92 bits per heavy atom. The number of hydrogen-bond acceptors (Lipinski definition) is 5. The Hall–Kier alpha value is -1.66. The fourth-order valence-electron chi connectivity index (χ4n) is 4.37. The highest BCUT2D eigenvalue weighted by Gasteiger charge is 2.59. The molecular weight excluding hydrogens is 340 g/mol. The first-order chi connectivity index (χ1) is 11.7. The number of carbonyl (C=O) groups is 2. The van der Waals surface area contributed by atoms with Crippen LogP contribution in [0, 0.1) is 23.7 Å². The summed E-state index contributed by atoms with van der Waals surface area (Å²) in [6.45, 7) is 2.10. The number of allylic oxidation sites excluding steroid dienone is 2. The molecule has 2 amide bonds. The first kappa shape index (κ1) is 14.7. The Morgan fingerprint density at radius 3 is 2.58 bits per heavy atom. The molecule has 2 aromatic rings. The molecule has 2 fully saturated rings. The van der Waals surface area contributed by atoms with Crippen LogP contribution in [0.5, 0.6) is 0 Å². The van der Waals surface area contributed by atoms with Crippen LogP contribution in [0.25, 0.3) is 10.2 Å². The maximum absolute atomic E-state index is 12.9. The number of anilines is 1. The Morgan fingerprint density at radius 1 is 1.21 bits per heavy atom. The van der Waals surface area contributed by atoms with Gasteiger partial charge in [0.2, 0.25) is 11.8 Å². The van der Waals surface area contributed by atoms with Gasteiger partial charge in [0.05, 0.1) is 27.7 Å². The zero-order valence-corrected chi connectivity index (χ0v) is 14.8. The molecule has 5 rings (SSSR count). The number of thioether (sulfide) groups is 1. The number of benzene rings is 1. The van der Waals surface area contributed by atoms with E-state index < -0.39 is 0 Å². The summed E-state index contributed by atoms with van der Waals surface area (Å²) in [6.07, 6.45) is 5.22. The Labute approximate surface area is 147 Å². The molecule has 2 heterocycles. The molecule has 1 aromatic heterocycles. The number of hydrogen-bond donors (Lipinski definition) is 0. The molecule has 1 aromatic carbocycles. The molecule has 2 bridgehead atoms. The average Bonchev–Trinajstić information content (AvgIpc) is 3.30. The van der Waals surface area contributed by atoms with Gasteiger partial charge in [-0.05, 0) is 42.2 Å². The molecule has 1 saturated carbocycles. The number of thiazole rings is 1. The van der Waals surface area contributed by atoms with Crippen LogP contribution < -0.4 is 4.90 Å². The summed E-state index contributed by atoms with van der Waals surface area (Å²) in [7, 11) is 0. The summed E-state index contributed by atoms with van der Waals surface area (Å²) in [6, 6.07) is 5.72. The van der Waals surface area contributed by atoms with Crippen LogP contribution >= 0.6 is 23.1 Å². The van der Waals surface area contributed by atoms with Crippen LogP contribution in [0.3, 0.4) is 0 Å². The van der Waals surface area contributed by atoms with E-state index in [0.29, 0.717) is 5.69 Å². The summed E-state index contributed by atoms with van der Waals surface area (Å²) >= 11 is 3.34. The van der Waals surface area contributed by atoms with Crippen molar-refractivity contribution in [3.63, 3.8) is 0 Å². The molecule has 24 heavy (non-hydrogen) atoms. The van der Waals surface area contributed by atoms with Crippen molar-refractivity contribution < 1.29 is 9.59 Å². The zero-order chi connectivity index (χ0) is 16.4. The molecule has 6 heteroatoms. The van der Waals surface area contributed by atoms with Crippen LogP contribution in [-0.2, 0) is 9.59 Å². The largest absolute Gasteiger partial charge is 0.274 e. The maximum atomic E-state index is 12.9. The van der Waals surface area contributed by atoms with Gasteiger partial charge in [-0.25, -0.2) is 9.88 Å². The van der Waals surface area contributed by atoms with Crippen molar-refractivity contribution in [1.29, 1.82) is 0 Å². The monoisotopic (exact) mass is 356 g/mol. The van der Waals surface area contributed by atoms with Gasteiger partial charge in [0.25, 0.3) is 0 Å². The van der Waals surface area contributed by atoms with E-state index >= 15 is 0 Å². The van der Waals surface area contributed by atoms with Crippen LogP contribution in [-0.4, -0.2) is 22.6 Å². The lowest BCUT2D eigenvalue weighted by Gasteiger charge is -2.17. The van der Waals surface area contributed by atoms with E-state index in [-0.39, 0.29) is 35.5 Å². The number of imide groups is 1. The predicted octanol–water partition coefficient (Wildman–Crippen LogP) is 3.72. The lowest BCUT2D eigenvalue weighted by atomic mass is 9.85. The minimum atomic E-state index is -0.143. The number of aromatic nitrogens is 1. The fraction of sp³-hybridized carbons (Fsp3) is 0.389. The van der Waals surface area contributed by atoms with Gasteiger partial charge < -0.3 is 0 Å². The minimum absolute atomic E-state index is 0.0196. The van der Waals surface area contributed by atoms with E-state index in [9.17, 15) is 9.59 Å². The van der Waals surface area contributed by atoms with Gasteiger partial charge in [0, 0.05) is 0 Å². The van der Waals surface area contributed by atoms with Crippen molar-refractivity contribution in [3.8, 4) is 0 Å². The van der Waals surface area contributed by atoms with Crippen molar-refractivity contribution in [2.75, 3.05) is 10.7 Å². The predicted molar refractivity (Wildman–Crippen MR) is 96.2 cm³/mol. The number of fused-ring (bicyclic) bond motifs is 6. The molecular formula is C18H16N2O2S2. The van der Waals surface area contributed by atoms with Gasteiger partial charge in [-0.3, -0.25) is 9.59 Å². The van der Waals surface area contributed by atoms with E-state index in [2.05, 4.69) is 24.1 Å². The second kappa shape index (κ2) is 5.17. The van der Waals surface area contributed by atoms with Crippen molar-refractivity contribution >= 4 is 50.8 Å². The highest BCUT2D eigenvalue weighted by molar-refractivity contribution is 8.01. The Balaban J connectivity index is 1.53. The lowest BCUT2D eigenvalue weighted by Crippen LogP contribution is -2.32. The van der Waals surface area contributed by atoms with Crippen molar-refractivity contribution in [3.05, 3.63) is 30.4 Å². The minimum Gasteiger partial charge on any atom is -0.274 e. The third-order valence-electron chi connectivity index (χ3n) is 5.35. The number of carbonyl (C=O) groups excluding carboxylic acids is 2. The van der Waals surface area contributed by atoms with E-state index in [4.69, 9.17) is 0 Å². The summed E-state index contributed by atoms with van der Waals surface area (Å²) in [5.74, 6) is 1.16. The van der Waals surface area contributed by atoms with E-state index in [1.54, 1.807) is 23.1 Å². The maximum Gasteiger partial charge on any atom is 0.238 e. The summed E-state index contributed by atoms with van der Waals surface area (Å²) in [5.41, 5.74) is 1.63. The van der Waals surface area contributed by atoms with E-state index in [0.717, 1.165) is 26.7 Å². The van der Waals surface area contributed by atoms with Gasteiger partial charge in [-0.15, -0.1) is 11.3 Å². The SMILES string of the molecule is CCSc1nc2ccc(N3C(=O)[C@@H]4[C@H](C3=O)[C@H]3C=C[C@@H]4C3)cc2s1. The van der Waals surface area contributed by atoms with Gasteiger partial charge in [-0.2, -0.15) is 0 Å². The molecule has 2 aliphatic carbocycles. The second-order valence-electron chi connectivity index (χ2n) is 6.58. The van der Waals surface area contributed by atoms with Crippen molar-refractivity contribution in [1.82, 2.24) is 4.98 Å². The summed E-state index contributed by atoms with van der Waals surface area (Å²) in [4.78, 5) is 31.8. The molecule has 1 saturated heterocycles. The second-order valence-corrected chi connectivity index (χ2v) is 9.12. The summed E-state index contributed by atoms with van der Waals surface area (Å²) < 4.78 is 2.06. The first-order valence-corrected chi connectivity index (χ1v) is 10.1. The Bertz CT molecular complexity index is 874. The number of nitrogens with zero attached hydrogens (tertiary/aromatic N) is 2. The zero-order valence-electron chi connectivity index (χ0n) is 13.1. The van der Waals surface area contributed by atoms with Gasteiger partial charge in [0.1, 0.15) is 0 Å². The highest BCUT2D eigenvalue weighted by atomic mass is 32.2. The molecule has 0 N–H and O–H groups in total. The van der Waals surface area contributed by atoms with Gasteiger partial charge in [-0.1, -0.05) is 30.8 Å². The fourth-order valence-corrected chi connectivity index (χ4v) is 6.37. The average molecular weight is 356 g/mol. The third kappa shape index (κ3) is 1.90. The highest BCUT2D eigenvalue weighted by Crippen LogP contribution is 2.53. The van der Waals surface area contributed by atoms with Crippen LogP contribution in [0.1, 0.15) is 13.3 Å². The molecule has 1 aliphatic heterocycles. The quantitative estimate of drug-likeness (QED) is 0.478. The molecule has 3 aliphatic rings. The molecule has 0 radical (unpaired) electrons. The molecule has 0 spiro atoms. The lowest BCUT2D eigenvalue weighted by molar-refractivity contribution is -0.123. The molecule has 0 unspecified atom stereocenters. The Kier molecular flexibility index (Phi) is 3.16. The molecule has 4 atom stereocenters. The van der Waals surface area contributed by atoms with E-state index in [1.165, 1.54) is 4.90 Å². The van der Waals surface area contributed by atoms with Crippen LogP contribution in [0.4, 0.5) is 5.69 Å². The van der Waals surface area contributed by atoms with Crippen molar-refractivity contribution in [2.24, 2.45) is 23.7 Å². The smallest absolute Gasteiger partial charge is 0.238 e. The van der Waals surface area contributed by atoms with E-state index in [1.807, 2.05) is 18.2 Å². The topological polar surface area (TPSA) is 50.3 Å². The number of rotatable bonds is 3. The first-order valence-electron chi connectivity index (χ1n) is 8.27. The van der Waals surface area contributed by atoms with Gasteiger partial charge in [0.15, 0.2) is 4.34 Å². The number of amides is 2. The normalized spacial score (nSPS) is 30.8. The molecule has 122 valence electrons. The summed E-state index contributed by atoms with van der Waals surface area (Å²) in [5, 5.41) is 0. The van der Waals surface area contributed by atoms with Crippen LogP contribution in [0.15, 0.2) is 34.7 Å². The molecule has 4 nitrogen and oxygen atoms in total.